The smallest absolute Gasteiger partial charge is 0.0201 e. The summed E-state index contributed by atoms with van der Waals surface area (Å²) in [4.78, 5) is 0. The molecule has 2 atom stereocenters. The Bertz CT molecular complexity index is 220. The van der Waals surface area contributed by atoms with Crippen LogP contribution in [0, 0.1) is 22.7 Å². The maximum absolute atomic E-state index is 4.47. The molecule has 0 rings (SSSR count). The average Bonchev–Trinajstić information content (AvgIpc) is 2.19. The van der Waals surface area contributed by atoms with Gasteiger partial charge in [0.25, 0.3) is 0 Å². The molecule has 0 bridgehead atoms. The third-order valence-corrected chi connectivity index (χ3v) is 3.75. The van der Waals surface area contributed by atoms with Gasteiger partial charge < -0.3 is 0 Å². The predicted octanol–water partition coefficient (Wildman–Crippen LogP) is 6.47. The molecule has 0 aliphatic carbocycles. The molecule has 0 aromatic heterocycles. The van der Waals surface area contributed by atoms with Crippen LogP contribution in [0.4, 0.5) is 0 Å². The lowest BCUT2D eigenvalue weighted by Crippen LogP contribution is -2.21. The predicted molar refractivity (Wildman–Crippen MR) is 84.8 cm³/mol. The number of hydrogen-bond donors (Lipinski definition) is 0. The molecular formula is C18H36. The molecule has 0 spiro atoms. The largest absolute Gasteiger partial charge is 0.0993 e. The molecular weight excluding hydrogens is 216 g/mol. The summed E-state index contributed by atoms with van der Waals surface area (Å²) in [6.07, 6.45) is 5.00. The minimum atomic E-state index is 0.406. The molecule has 0 saturated heterocycles. The van der Waals surface area contributed by atoms with Gasteiger partial charge in [-0.05, 0) is 48.3 Å². The second kappa shape index (κ2) is 6.78. The lowest BCUT2D eigenvalue weighted by molar-refractivity contribution is 0.265. The maximum atomic E-state index is 4.47. The Morgan fingerprint density at radius 1 is 0.778 bits per heavy atom. The lowest BCUT2D eigenvalue weighted by atomic mass is 9.72. The third-order valence-electron chi connectivity index (χ3n) is 3.75. The molecule has 0 N–H and O–H groups in total. The Morgan fingerprint density at radius 3 is 1.22 bits per heavy atom. The van der Waals surface area contributed by atoms with E-state index in [1.165, 1.54) is 31.3 Å². The van der Waals surface area contributed by atoms with Crippen LogP contribution in [-0.4, -0.2) is 0 Å². The number of allylic oxidation sites excluding steroid dienone is 1. The zero-order chi connectivity index (χ0) is 14.6. The van der Waals surface area contributed by atoms with Gasteiger partial charge in [0.05, 0.1) is 0 Å². The van der Waals surface area contributed by atoms with E-state index in [1.54, 1.807) is 0 Å². The van der Waals surface area contributed by atoms with E-state index in [9.17, 15) is 0 Å². The van der Waals surface area contributed by atoms with E-state index in [4.69, 9.17) is 0 Å². The molecule has 0 aliphatic rings. The van der Waals surface area contributed by atoms with Crippen molar-refractivity contribution in [3.63, 3.8) is 0 Å². The van der Waals surface area contributed by atoms with E-state index < -0.39 is 0 Å². The first-order chi connectivity index (χ1) is 8.00. The monoisotopic (exact) mass is 252 g/mol. The van der Waals surface area contributed by atoms with Gasteiger partial charge in [0.15, 0.2) is 0 Å². The Kier molecular flexibility index (Phi) is 6.68. The molecule has 0 aliphatic heterocycles. The fraction of sp³-hybridized carbons (Fsp3) is 0.889. The van der Waals surface area contributed by atoms with Crippen molar-refractivity contribution >= 4 is 0 Å². The topological polar surface area (TPSA) is 0 Å². The molecule has 0 heterocycles. The van der Waals surface area contributed by atoms with Gasteiger partial charge in [-0.25, -0.2) is 0 Å². The number of rotatable bonds is 6. The van der Waals surface area contributed by atoms with E-state index in [0.717, 1.165) is 0 Å². The summed E-state index contributed by atoms with van der Waals surface area (Å²) in [5.74, 6) is 1.38. The molecule has 0 heteroatoms. The summed E-state index contributed by atoms with van der Waals surface area (Å²) in [7, 11) is 0. The average molecular weight is 252 g/mol. The molecule has 0 nitrogen and oxygen atoms in total. The highest BCUT2D eigenvalue weighted by Crippen LogP contribution is 2.38. The van der Waals surface area contributed by atoms with Crippen LogP contribution >= 0.6 is 0 Å². The summed E-state index contributed by atoms with van der Waals surface area (Å²) in [5.41, 5.74) is 2.32. The molecule has 2 unspecified atom stereocenters. The minimum Gasteiger partial charge on any atom is -0.0993 e. The molecule has 0 fully saturated rings. The first-order valence-electron chi connectivity index (χ1n) is 7.69. The van der Waals surface area contributed by atoms with E-state index in [2.05, 4.69) is 62.0 Å². The SMILES string of the molecule is C=C(C(CC)CC(C)(C)C)C(CC)CC(C)(C)C. The van der Waals surface area contributed by atoms with E-state index >= 15 is 0 Å². The van der Waals surface area contributed by atoms with Crippen LogP contribution in [0.5, 0.6) is 0 Å². The molecule has 0 radical (unpaired) electrons. The van der Waals surface area contributed by atoms with Crippen LogP contribution in [0.1, 0.15) is 81.1 Å². The van der Waals surface area contributed by atoms with Crippen molar-refractivity contribution < 1.29 is 0 Å². The highest BCUT2D eigenvalue weighted by Gasteiger charge is 2.26. The van der Waals surface area contributed by atoms with Gasteiger partial charge in [0.2, 0.25) is 0 Å². The first kappa shape index (κ1) is 17.7. The van der Waals surface area contributed by atoms with Gasteiger partial charge in [-0.3, -0.25) is 0 Å². The number of hydrogen-bond acceptors (Lipinski definition) is 0. The van der Waals surface area contributed by atoms with E-state index in [-0.39, 0.29) is 0 Å². The van der Waals surface area contributed by atoms with Crippen molar-refractivity contribution in [1.82, 2.24) is 0 Å². The maximum Gasteiger partial charge on any atom is -0.0201 e. The van der Waals surface area contributed by atoms with Gasteiger partial charge in [-0.1, -0.05) is 67.5 Å². The van der Waals surface area contributed by atoms with Crippen molar-refractivity contribution in [2.75, 3.05) is 0 Å². The highest BCUT2D eigenvalue weighted by atomic mass is 14.3. The zero-order valence-corrected chi connectivity index (χ0v) is 14.2. The Hall–Kier alpha value is -0.260. The zero-order valence-electron chi connectivity index (χ0n) is 14.2. The van der Waals surface area contributed by atoms with Crippen molar-refractivity contribution in [2.24, 2.45) is 22.7 Å². The fourth-order valence-electron chi connectivity index (χ4n) is 2.89. The van der Waals surface area contributed by atoms with Crippen molar-refractivity contribution in [1.29, 1.82) is 0 Å². The summed E-state index contributed by atoms with van der Waals surface area (Å²) in [6.45, 7) is 23.1. The van der Waals surface area contributed by atoms with Crippen molar-refractivity contribution in [3.8, 4) is 0 Å². The lowest BCUT2D eigenvalue weighted by Gasteiger charge is -2.33. The Labute approximate surface area is 116 Å². The summed E-state index contributed by atoms with van der Waals surface area (Å²) in [6, 6.07) is 0. The summed E-state index contributed by atoms with van der Waals surface area (Å²) < 4.78 is 0. The summed E-state index contributed by atoms with van der Waals surface area (Å²) in [5, 5.41) is 0. The second-order valence-electron chi connectivity index (χ2n) is 8.31. The third kappa shape index (κ3) is 7.24. The van der Waals surface area contributed by atoms with Crippen LogP contribution in [-0.2, 0) is 0 Å². The second-order valence-corrected chi connectivity index (χ2v) is 8.31. The molecule has 0 aromatic rings. The van der Waals surface area contributed by atoms with Crippen LogP contribution < -0.4 is 0 Å². The summed E-state index contributed by atoms with van der Waals surface area (Å²) >= 11 is 0. The van der Waals surface area contributed by atoms with Gasteiger partial charge >= 0.3 is 0 Å². The van der Waals surface area contributed by atoms with Gasteiger partial charge in [-0.2, -0.15) is 0 Å². The van der Waals surface area contributed by atoms with Gasteiger partial charge in [0.1, 0.15) is 0 Å². The highest BCUT2D eigenvalue weighted by molar-refractivity contribution is 5.07. The molecule has 0 aromatic carbocycles. The van der Waals surface area contributed by atoms with Crippen molar-refractivity contribution in [2.45, 2.75) is 81.1 Å². The minimum absolute atomic E-state index is 0.406. The molecule has 0 amide bonds. The molecule has 0 saturated carbocycles. The fourth-order valence-corrected chi connectivity index (χ4v) is 2.89. The van der Waals surface area contributed by atoms with Gasteiger partial charge in [0, 0.05) is 0 Å². The molecule has 108 valence electrons. The quantitative estimate of drug-likeness (QED) is 0.475. The van der Waals surface area contributed by atoms with Crippen LogP contribution in [0.15, 0.2) is 12.2 Å². The van der Waals surface area contributed by atoms with Crippen LogP contribution in [0.2, 0.25) is 0 Å². The van der Waals surface area contributed by atoms with Gasteiger partial charge in [-0.15, -0.1) is 0 Å². The normalized spacial score (nSPS) is 16.4. The van der Waals surface area contributed by atoms with Crippen LogP contribution in [0.3, 0.4) is 0 Å². The Morgan fingerprint density at radius 2 is 1.06 bits per heavy atom. The van der Waals surface area contributed by atoms with E-state index in [0.29, 0.717) is 22.7 Å². The van der Waals surface area contributed by atoms with Crippen LogP contribution in [0.25, 0.3) is 0 Å². The first-order valence-corrected chi connectivity index (χ1v) is 7.69. The van der Waals surface area contributed by atoms with Crippen molar-refractivity contribution in [3.05, 3.63) is 12.2 Å². The molecule has 18 heavy (non-hydrogen) atoms. The standard InChI is InChI=1S/C18H36/c1-10-15(12-17(4,5)6)14(3)16(11-2)13-18(7,8)9/h15-16H,3,10-13H2,1-2,4-9H3. The van der Waals surface area contributed by atoms with E-state index in [1.807, 2.05) is 0 Å². The Balaban J connectivity index is 4.74.